The standard InChI is InChI=1S/C17H20ClNO2/c1-19(2)11-6-12-20-16-9-3-4-10-17(16)21-15-8-5-7-14(18)13-15/h3-5,7-10,13H,6,11-12H2,1-2H3. The van der Waals surface area contributed by atoms with Crippen LogP contribution < -0.4 is 9.47 Å². The summed E-state index contributed by atoms with van der Waals surface area (Å²) in [6.07, 6.45) is 0.971. The number of halogens is 1. The first kappa shape index (κ1) is 15.7. The zero-order valence-corrected chi connectivity index (χ0v) is 13.1. The van der Waals surface area contributed by atoms with E-state index in [0.717, 1.165) is 18.7 Å². The van der Waals surface area contributed by atoms with Crippen molar-refractivity contribution >= 4 is 11.6 Å². The minimum Gasteiger partial charge on any atom is -0.490 e. The van der Waals surface area contributed by atoms with Crippen LogP contribution in [-0.4, -0.2) is 32.1 Å². The molecule has 0 saturated heterocycles. The summed E-state index contributed by atoms with van der Waals surface area (Å²) >= 11 is 5.97. The lowest BCUT2D eigenvalue weighted by Gasteiger charge is -2.13. The van der Waals surface area contributed by atoms with Gasteiger partial charge in [0, 0.05) is 11.6 Å². The Kier molecular flexibility index (Phi) is 5.90. The maximum atomic E-state index is 5.97. The number of hydrogen-bond acceptors (Lipinski definition) is 3. The smallest absolute Gasteiger partial charge is 0.169 e. The SMILES string of the molecule is CN(C)CCCOc1ccccc1Oc1cccc(Cl)c1. The topological polar surface area (TPSA) is 21.7 Å². The van der Waals surface area contributed by atoms with E-state index in [4.69, 9.17) is 21.1 Å². The van der Waals surface area contributed by atoms with Crippen molar-refractivity contribution in [1.29, 1.82) is 0 Å². The Morgan fingerprint density at radius 2 is 1.76 bits per heavy atom. The largest absolute Gasteiger partial charge is 0.490 e. The first-order valence-corrected chi connectivity index (χ1v) is 7.33. The third kappa shape index (κ3) is 5.29. The monoisotopic (exact) mass is 305 g/mol. The second-order valence-corrected chi connectivity index (χ2v) is 5.45. The molecule has 0 amide bonds. The first-order valence-electron chi connectivity index (χ1n) is 6.95. The lowest BCUT2D eigenvalue weighted by Crippen LogP contribution is -2.15. The van der Waals surface area contributed by atoms with Gasteiger partial charge in [0.1, 0.15) is 5.75 Å². The van der Waals surface area contributed by atoms with Gasteiger partial charge in [-0.2, -0.15) is 0 Å². The van der Waals surface area contributed by atoms with E-state index in [1.807, 2.05) is 42.5 Å². The Bertz CT molecular complexity index is 572. The number of nitrogens with zero attached hydrogens (tertiary/aromatic N) is 1. The maximum absolute atomic E-state index is 5.97. The lowest BCUT2D eigenvalue weighted by atomic mass is 10.3. The van der Waals surface area contributed by atoms with Crippen LogP contribution in [0.3, 0.4) is 0 Å². The minimum atomic E-state index is 0.650. The Balaban J connectivity index is 1.99. The highest BCUT2D eigenvalue weighted by Gasteiger charge is 2.06. The summed E-state index contributed by atoms with van der Waals surface area (Å²) in [6.45, 7) is 1.66. The molecule has 2 aromatic rings. The average Bonchev–Trinajstić information content (AvgIpc) is 2.45. The molecule has 0 fully saturated rings. The van der Waals surface area contributed by atoms with Crippen molar-refractivity contribution in [2.24, 2.45) is 0 Å². The molecule has 2 rings (SSSR count). The molecule has 0 bridgehead atoms. The maximum Gasteiger partial charge on any atom is 0.169 e. The van der Waals surface area contributed by atoms with Crippen molar-refractivity contribution in [3.63, 3.8) is 0 Å². The Hall–Kier alpha value is -1.71. The van der Waals surface area contributed by atoms with Gasteiger partial charge in [0.2, 0.25) is 0 Å². The van der Waals surface area contributed by atoms with Crippen LogP contribution >= 0.6 is 11.6 Å². The van der Waals surface area contributed by atoms with E-state index in [9.17, 15) is 0 Å². The molecule has 0 atom stereocenters. The van der Waals surface area contributed by atoms with E-state index in [2.05, 4.69) is 19.0 Å². The van der Waals surface area contributed by atoms with Gasteiger partial charge in [-0.25, -0.2) is 0 Å². The highest BCUT2D eigenvalue weighted by molar-refractivity contribution is 6.30. The molecule has 0 radical (unpaired) electrons. The molecule has 112 valence electrons. The number of benzene rings is 2. The quantitative estimate of drug-likeness (QED) is 0.705. The van der Waals surface area contributed by atoms with Gasteiger partial charge in [-0.15, -0.1) is 0 Å². The number of ether oxygens (including phenoxy) is 2. The summed E-state index contributed by atoms with van der Waals surface area (Å²) in [5.74, 6) is 2.15. The van der Waals surface area contributed by atoms with Crippen LogP contribution in [0.5, 0.6) is 17.2 Å². The molecule has 21 heavy (non-hydrogen) atoms. The van der Waals surface area contributed by atoms with Gasteiger partial charge in [-0.3, -0.25) is 0 Å². The highest BCUT2D eigenvalue weighted by Crippen LogP contribution is 2.32. The first-order chi connectivity index (χ1) is 10.1. The number of hydrogen-bond donors (Lipinski definition) is 0. The summed E-state index contributed by atoms with van der Waals surface area (Å²) in [6, 6.07) is 15.0. The lowest BCUT2D eigenvalue weighted by molar-refractivity contribution is 0.272. The summed E-state index contributed by atoms with van der Waals surface area (Å²) in [5, 5.41) is 0.650. The van der Waals surface area contributed by atoms with Crippen LogP contribution in [0.15, 0.2) is 48.5 Å². The molecule has 0 aromatic heterocycles. The molecule has 0 N–H and O–H groups in total. The number of para-hydroxylation sites is 2. The third-order valence-corrected chi connectivity index (χ3v) is 3.12. The molecule has 0 aliphatic rings. The molecule has 0 saturated carbocycles. The van der Waals surface area contributed by atoms with E-state index in [-0.39, 0.29) is 0 Å². The molecule has 0 aliphatic heterocycles. The Morgan fingerprint density at radius 1 is 1.00 bits per heavy atom. The van der Waals surface area contributed by atoms with Crippen molar-refractivity contribution in [2.45, 2.75) is 6.42 Å². The zero-order valence-electron chi connectivity index (χ0n) is 12.4. The van der Waals surface area contributed by atoms with Crippen LogP contribution in [0.4, 0.5) is 0 Å². The van der Waals surface area contributed by atoms with Gasteiger partial charge in [0.05, 0.1) is 6.61 Å². The van der Waals surface area contributed by atoms with Gasteiger partial charge in [-0.1, -0.05) is 29.8 Å². The number of rotatable bonds is 7. The van der Waals surface area contributed by atoms with Crippen molar-refractivity contribution in [3.05, 3.63) is 53.6 Å². The Morgan fingerprint density at radius 3 is 2.48 bits per heavy atom. The molecule has 0 heterocycles. The van der Waals surface area contributed by atoms with E-state index in [1.54, 1.807) is 6.07 Å². The van der Waals surface area contributed by atoms with Gasteiger partial charge in [0.25, 0.3) is 0 Å². The molecular formula is C17H20ClNO2. The van der Waals surface area contributed by atoms with Crippen LogP contribution in [0.25, 0.3) is 0 Å². The van der Waals surface area contributed by atoms with E-state index < -0.39 is 0 Å². The molecule has 0 unspecified atom stereocenters. The van der Waals surface area contributed by atoms with E-state index in [1.165, 1.54) is 0 Å². The normalized spacial score (nSPS) is 10.7. The Labute approximate surface area is 131 Å². The van der Waals surface area contributed by atoms with Gasteiger partial charge in [0.15, 0.2) is 11.5 Å². The molecule has 0 spiro atoms. The summed E-state index contributed by atoms with van der Waals surface area (Å²) < 4.78 is 11.7. The second kappa shape index (κ2) is 7.91. The zero-order chi connectivity index (χ0) is 15.1. The van der Waals surface area contributed by atoms with Crippen LogP contribution in [0, 0.1) is 0 Å². The summed E-state index contributed by atoms with van der Waals surface area (Å²) in [4.78, 5) is 2.14. The molecule has 2 aromatic carbocycles. The molecule has 0 aliphatic carbocycles. The predicted octanol–water partition coefficient (Wildman–Crippen LogP) is 4.46. The third-order valence-electron chi connectivity index (χ3n) is 2.88. The van der Waals surface area contributed by atoms with Gasteiger partial charge in [-0.05, 0) is 50.8 Å². The minimum absolute atomic E-state index is 0.650. The van der Waals surface area contributed by atoms with Crippen LogP contribution in [0.1, 0.15) is 6.42 Å². The van der Waals surface area contributed by atoms with Crippen molar-refractivity contribution in [3.8, 4) is 17.2 Å². The fourth-order valence-electron chi connectivity index (χ4n) is 1.87. The predicted molar refractivity (Wildman–Crippen MR) is 86.6 cm³/mol. The van der Waals surface area contributed by atoms with Crippen LogP contribution in [0.2, 0.25) is 5.02 Å². The average molecular weight is 306 g/mol. The van der Waals surface area contributed by atoms with Gasteiger partial charge >= 0.3 is 0 Å². The fourth-order valence-corrected chi connectivity index (χ4v) is 2.05. The summed E-state index contributed by atoms with van der Waals surface area (Å²) in [5.41, 5.74) is 0. The molecular weight excluding hydrogens is 286 g/mol. The van der Waals surface area contributed by atoms with E-state index >= 15 is 0 Å². The second-order valence-electron chi connectivity index (χ2n) is 5.01. The van der Waals surface area contributed by atoms with Crippen LogP contribution in [-0.2, 0) is 0 Å². The van der Waals surface area contributed by atoms with E-state index in [0.29, 0.717) is 23.1 Å². The van der Waals surface area contributed by atoms with Crippen molar-refractivity contribution in [2.75, 3.05) is 27.2 Å². The molecule has 4 heteroatoms. The van der Waals surface area contributed by atoms with Gasteiger partial charge < -0.3 is 14.4 Å². The van der Waals surface area contributed by atoms with Crippen molar-refractivity contribution < 1.29 is 9.47 Å². The van der Waals surface area contributed by atoms with Crippen molar-refractivity contribution in [1.82, 2.24) is 4.90 Å². The highest BCUT2D eigenvalue weighted by atomic mass is 35.5. The fraction of sp³-hybridized carbons (Fsp3) is 0.294. The summed E-state index contributed by atoms with van der Waals surface area (Å²) in [7, 11) is 4.10. The molecule has 3 nitrogen and oxygen atoms in total.